The fourth-order valence-corrected chi connectivity index (χ4v) is 4.05. The maximum absolute atomic E-state index is 12.5. The molecule has 0 saturated carbocycles. The molecule has 0 aliphatic carbocycles. The van der Waals surface area contributed by atoms with Gasteiger partial charge in [0.05, 0.1) is 16.9 Å². The van der Waals surface area contributed by atoms with Crippen molar-refractivity contribution >= 4 is 28.3 Å². The number of nitrogens with one attached hydrogen (secondary N) is 1. The number of fused-ring (bicyclic) bond motifs is 1. The number of hydrogen-bond donors (Lipinski definition) is 1. The highest BCUT2D eigenvalue weighted by Crippen LogP contribution is 2.21. The molecule has 160 valence electrons. The first-order valence-corrected chi connectivity index (χ1v) is 10.9. The summed E-state index contributed by atoms with van der Waals surface area (Å²) in [5.41, 5.74) is 1.66. The number of thiophene rings is 1. The number of benzene rings is 1. The average molecular weight is 439 g/mol. The Morgan fingerprint density at radius 3 is 2.77 bits per heavy atom. The van der Waals surface area contributed by atoms with Crippen LogP contribution in [0.1, 0.15) is 19.8 Å². The van der Waals surface area contributed by atoms with E-state index in [1.165, 1.54) is 15.3 Å². The molecular formula is C22H22N4O4S. The highest BCUT2D eigenvalue weighted by atomic mass is 32.1. The van der Waals surface area contributed by atoms with Crippen molar-refractivity contribution in [2.24, 2.45) is 0 Å². The number of nitrogens with zero attached hydrogens (tertiary/aromatic N) is 3. The summed E-state index contributed by atoms with van der Waals surface area (Å²) in [7, 11) is 0. The van der Waals surface area contributed by atoms with E-state index in [1.807, 2.05) is 30.5 Å². The summed E-state index contributed by atoms with van der Waals surface area (Å²) in [6.45, 7) is 2.42. The van der Waals surface area contributed by atoms with Crippen LogP contribution in [0.2, 0.25) is 0 Å². The lowest BCUT2D eigenvalue weighted by Crippen LogP contribution is -2.40. The fourth-order valence-electron chi connectivity index (χ4n) is 3.36. The Balaban J connectivity index is 1.42. The zero-order valence-electron chi connectivity index (χ0n) is 17.0. The minimum Gasteiger partial charge on any atom is -0.408 e. The zero-order chi connectivity index (χ0) is 21.8. The first kappa shape index (κ1) is 20.8. The highest BCUT2D eigenvalue weighted by molar-refractivity contribution is 7.13. The van der Waals surface area contributed by atoms with Gasteiger partial charge in [-0.1, -0.05) is 25.1 Å². The molecule has 3 heterocycles. The Morgan fingerprint density at radius 2 is 2.00 bits per heavy atom. The van der Waals surface area contributed by atoms with Crippen LogP contribution in [0.3, 0.4) is 0 Å². The molecule has 3 aromatic heterocycles. The molecule has 0 fully saturated rings. The van der Waals surface area contributed by atoms with Crippen LogP contribution in [0.15, 0.2) is 67.9 Å². The molecule has 0 aliphatic rings. The number of aryl methyl sites for hydroxylation is 1. The molecule has 1 N–H and O–H groups in total. The summed E-state index contributed by atoms with van der Waals surface area (Å²) in [4.78, 5) is 37.8. The van der Waals surface area contributed by atoms with Crippen LogP contribution in [0, 0.1) is 0 Å². The summed E-state index contributed by atoms with van der Waals surface area (Å²) in [5, 5.41) is 9.35. The van der Waals surface area contributed by atoms with Crippen molar-refractivity contribution in [3.05, 3.63) is 74.8 Å². The summed E-state index contributed by atoms with van der Waals surface area (Å²) >= 11 is 1.55. The van der Waals surface area contributed by atoms with Gasteiger partial charge in [-0.15, -0.1) is 11.3 Å². The third-order valence-corrected chi connectivity index (χ3v) is 5.92. The molecule has 0 bridgehead atoms. The number of oxazole rings is 1. The van der Waals surface area contributed by atoms with Crippen molar-refractivity contribution in [2.75, 3.05) is 0 Å². The van der Waals surface area contributed by atoms with Gasteiger partial charge >= 0.3 is 5.76 Å². The van der Waals surface area contributed by atoms with E-state index in [4.69, 9.17) is 4.42 Å². The van der Waals surface area contributed by atoms with Gasteiger partial charge in [-0.3, -0.25) is 14.2 Å². The van der Waals surface area contributed by atoms with Crippen LogP contribution < -0.4 is 16.6 Å². The second-order valence-electron chi connectivity index (χ2n) is 7.13. The Kier molecular flexibility index (Phi) is 6.13. The van der Waals surface area contributed by atoms with Crippen LogP contribution in [0.25, 0.3) is 21.7 Å². The topological polar surface area (TPSA) is 99.1 Å². The molecule has 1 aromatic carbocycles. The number of carbonyl (C=O) groups is 1. The Bertz CT molecular complexity index is 1300. The second-order valence-corrected chi connectivity index (χ2v) is 8.07. The van der Waals surface area contributed by atoms with Crippen LogP contribution in [-0.2, 0) is 17.9 Å². The van der Waals surface area contributed by atoms with Crippen molar-refractivity contribution in [1.29, 1.82) is 0 Å². The van der Waals surface area contributed by atoms with Gasteiger partial charge < -0.3 is 9.73 Å². The maximum atomic E-state index is 12.5. The largest absolute Gasteiger partial charge is 0.419 e. The standard InChI is InChI=1S/C22H22N4O4S/c1-2-15(14-26-21(28)10-9-16(24-26)19-8-5-13-31-19)23-20(27)11-12-25-17-6-3-4-7-18(17)30-22(25)29/h3-10,13,15H,2,11-12,14H2,1H3,(H,23,27)/t15-/m0/s1. The van der Waals surface area contributed by atoms with Gasteiger partial charge in [0.2, 0.25) is 5.91 Å². The Labute approximate surface area is 181 Å². The minimum atomic E-state index is -0.484. The molecule has 0 spiro atoms. The summed E-state index contributed by atoms with van der Waals surface area (Å²) < 4.78 is 8.04. The number of para-hydroxylation sites is 2. The number of carbonyl (C=O) groups excluding carboxylic acids is 1. The van der Waals surface area contributed by atoms with Crippen LogP contribution in [0.5, 0.6) is 0 Å². The van der Waals surface area contributed by atoms with Gasteiger partial charge in [-0.05, 0) is 36.1 Å². The lowest BCUT2D eigenvalue weighted by molar-refractivity contribution is -0.122. The third kappa shape index (κ3) is 4.66. The van der Waals surface area contributed by atoms with Crippen molar-refractivity contribution in [3.8, 4) is 10.6 Å². The van der Waals surface area contributed by atoms with E-state index in [0.717, 1.165) is 10.6 Å². The predicted molar refractivity (Wildman–Crippen MR) is 119 cm³/mol. The lowest BCUT2D eigenvalue weighted by Gasteiger charge is -2.18. The van der Waals surface area contributed by atoms with E-state index in [-0.39, 0.29) is 37.0 Å². The monoisotopic (exact) mass is 438 g/mol. The van der Waals surface area contributed by atoms with Gasteiger partial charge in [-0.25, -0.2) is 9.48 Å². The van der Waals surface area contributed by atoms with Gasteiger partial charge in [0.15, 0.2) is 5.58 Å². The molecule has 1 atom stereocenters. The molecule has 9 heteroatoms. The van der Waals surface area contributed by atoms with Crippen LogP contribution in [-0.4, -0.2) is 26.3 Å². The second kappa shape index (κ2) is 9.13. The quantitative estimate of drug-likeness (QED) is 0.456. The van der Waals surface area contributed by atoms with E-state index in [1.54, 1.807) is 35.6 Å². The summed E-state index contributed by atoms with van der Waals surface area (Å²) in [6, 6.07) is 13.9. The third-order valence-electron chi connectivity index (χ3n) is 5.03. The summed E-state index contributed by atoms with van der Waals surface area (Å²) in [5.74, 6) is -0.686. The lowest BCUT2D eigenvalue weighted by atomic mass is 10.2. The predicted octanol–water partition coefficient (Wildman–Crippen LogP) is 2.86. The van der Waals surface area contributed by atoms with E-state index in [0.29, 0.717) is 17.5 Å². The molecule has 31 heavy (non-hydrogen) atoms. The average Bonchev–Trinajstić information content (AvgIpc) is 3.41. The fraction of sp³-hybridized carbons (Fsp3) is 0.273. The molecular weight excluding hydrogens is 416 g/mol. The van der Waals surface area contributed by atoms with Gasteiger partial charge in [0, 0.05) is 25.1 Å². The molecule has 0 saturated heterocycles. The molecule has 1 amide bonds. The van der Waals surface area contributed by atoms with E-state index in [2.05, 4.69) is 10.4 Å². The van der Waals surface area contributed by atoms with Crippen LogP contribution in [0.4, 0.5) is 0 Å². The SMILES string of the molecule is CC[C@@H](Cn1nc(-c2cccs2)ccc1=O)NC(=O)CCn1c(=O)oc2ccccc21. The number of aromatic nitrogens is 3. The smallest absolute Gasteiger partial charge is 0.408 e. The van der Waals surface area contributed by atoms with E-state index in [9.17, 15) is 14.4 Å². The van der Waals surface area contributed by atoms with Crippen molar-refractivity contribution in [2.45, 2.75) is 38.9 Å². The minimum absolute atomic E-state index is 0.123. The Hall–Kier alpha value is -3.46. The van der Waals surface area contributed by atoms with E-state index < -0.39 is 5.76 Å². The molecule has 0 aliphatic heterocycles. The first-order chi connectivity index (χ1) is 15.0. The van der Waals surface area contributed by atoms with Gasteiger partial charge in [-0.2, -0.15) is 5.10 Å². The van der Waals surface area contributed by atoms with Gasteiger partial charge in [0.1, 0.15) is 5.69 Å². The molecule has 0 radical (unpaired) electrons. The van der Waals surface area contributed by atoms with Crippen LogP contribution >= 0.6 is 11.3 Å². The normalized spacial score (nSPS) is 12.2. The summed E-state index contributed by atoms with van der Waals surface area (Å²) in [6.07, 6.45) is 0.759. The molecule has 4 aromatic rings. The highest BCUT2D eigenvalue weighted by Gasteiger charge is 2.15. The zero-order valence-corrected chi connectivity index (χ0v) is 17.8. The van der Waals surface area contributed by atoms with Gasteiger partial charge in [0.25, 0.3) is 5.56 Å². The number of rotatable bonds is 8. The maximum Gasteiger partial charge on any atom is 0.419 e. The van der Waals surface area contributed by atoms with Crippen molar-refractivity contribution in [3.63, 3.8) is 0 Å². The number of hydrogen-bond acceptors (Lipinski definition) is 6. The van der Waals surface area contributed by atoms with Crippen molar-refractivity contribution in [1.82, 2.24) is 19.7 Å². The number of amides is 1. The van der Waals surface area contributed by atoms with E-state index >= 15 is 0 Å². The molecule has 4 rings (SSSR count). The molecule has 0 unspecified atom stereocenters. The Morgan fingerprint density at radius 1 is 1.16 bits per heavy atom. The first-order valence-electron chi connectivity index (χ1n) is 10.0. The molecule has 8 nitrogen and oxygen atoms in total. The van der Waals surface area contributed by atoms with Crippen molar-refractivity contribution < 1.29 is 9.21 Å².